The van der Waals surface area contributed by atoms with Crippen molar-refractivity contribution in [1.29, 1.82) is 5.26 Å². The van der Waals surface area contributed by atoms with Crippen LogP contribution < -0.4 is 5.32 Å². The molecular formula is C12H14N4. The van der Waals surface area contributed by atoms with Crippen molar-refractivity contribution in [2.24, 2.45) is 5.92 Å². The fourth-order valence-electron chi connectivity index (χ4n) is 1.57. The molecular weight excluding hydrogens is 200 g/mol. The maximum Gasteiger partial charge on any atom is 0.0931 e. The van der Waals surface area contributed by atoms with Crippen molar-refractivity contribution < 1.29 is 0 Å². The third-order valence-electron chi connectivity index (χ3n) is 2.65. The highest BCUT2D eigenvalue weighted by molar-refractivity contribution is 5.78. The van der Waals surface area contributed by atoms with Gasteiger partial charge in [0, 0.05) is 12.2 Å². The Morgan fingerprint density at radius 1 is 1.56 bits per heavy atom. The second kappa shape index (κ2) is 4.67. The summed E-state index contributed by atoms with van der Waals surface area (Å²) in [6.07, 6.45) is 2.55. The van der Waals surface area contributed by atoms with Crippen LogP contribution >= 0.6 is 0 Å². The van der Waals surface area contributed by atoms with Crippen LogP contribution in [0.1, 0.15) is 13.3 Å². The zero-order valence-electron chi connectivity index (χ0n) is 9.20. The quantitative estimate of drug-likeness (QED) is 0.822. The van der Waals surface area contributed by atoms with Gasteiger partial charge < -0.3 is 10.3 Å². The van der Waals surface area contributed by atoms with Gasteiger partial charge in [0.2, 0.25) is 0 Å². The molecule has 4 nitrogen and oxygen atoms in total. The first kappa shape index (κ1) is 10.5. The number of H-pyrrole nitrogens is 1. The Balaban J connectivity index is 2.07. The number of nitrogens with one attached hydrogen (secondary N) is 2. The van der Waals surface area contributed by atoms with Gasteiger partial charge in [-0.1, -0.05) is 6.92 Å². The Bertz CT molecular complexity index is 509. The molecule has 0 spiro atoms. The van der Waals surface area contributed by atoms with E-state index < -0.39 is 0 Å². The predicted molar refractivity (Wildman–Crippen MR) is 64.0 cm³/mol. The number of hydrogen-bond acceptors (Lipinski definition) is 3. The molecule has 0 aliphatic heterocycles. The van der Waals surface area contributed by atoms with Crippen LogP contribution in [-0.4, -0.2) is 16.5 Å². The van der Waals surface area contributed by atoms with Gasteiger partial charge in [0.15, 0.2) is 0 Å². The second-order valence-electron chi connectivity index (χ2n) is 3.75. The zero-order valence-corrected chi connectivity index (χ0v) is 9.20. The van der Waals surface area contributed by atoms with Crippen molar-refractivity contribution in [2.45, 2.75) is 13.3 Å². The SMILES string of the molecule is CCC(C#N)CNc1ccc2nc[nH]c2c1. The van der Waals surface area contributed by atoms with Crippen molar-refractivity contribution >= 4 is 16.7 Å². The van der Waals surface area contributed by atoms with E-state index in [1.165, 1.54) is 0 Å². The van der Waals surface area contributed by atoms with Crippen LogP contribution in [-0.2, 0) is 0 Å². The second-order valence-corrected chi connectivity index (χ2v) is 3.75. The number of aromatic amines is 1. The monoisotopic (exact) mass is 214 g/mol. The number of nitriles is 1. The van der Waals surface area contributed by atoms with E-state index in [1.807, 2.05) is 25.1 Å². The van der Waals surface area contributed by atoms with E-state index in [1.54, 1.807) is 6.33 Å². The molecule has 0 aliphatic carbocycles. The third kappa shape index (κ3) is 2.14. The summed E-state index contributed by atoms with van der Waals surface area (Å²) in [6.45, 7) is 2.71. The van der Waals surface area contributed by atoms with Gasteiger partial charge in [0.25, 0.3) is 0 Å². The van der Waals surface area contributed by atoms with Crippen molar-refractivity contribution in [3.63, 3.8) is 0 Å². The minimum absolute atomic E-state index is 0.0671. The Hall–Kier alpha value is -2.02. The van der Waals surface area contributed by atoms with Crippen molar-refractivity contribution in [3.05, 3.63) is 24.5 Å². The molecule has 0 saturated heterocycles. The highest BCUT2D eigenvalue weighted by atomic mass is 14.9. The van der Waals surface area contributed by atoms with Gasteiger partial charge in [-0.05, 0) is 24.6 Å². The van der Waals surface area contributed by atoms with E-state index >= 15 is 0 Å². The summed E-state index contributed by atoms with van der Waals surface area (Å²) in [4.78, 5) is 7.21. The van der Waals surface area contributed by atoms with Crippen LogP contribution in [0.5, 0.6) is 0 Å². The average molecular weight is 214 g/mol. The predicted octanol–water partition coefficient (Wildman–Crippen LogP) is 2.52. The largest absolute Gasteiger partial charge is 0.384 e. The Morgan fingerprint density at radius 2 is 2.44 bits per heavy atom. The molecule has 0 radical (unpaired) electrons. The van der Waals surface area contributed by atoms with E-state index in [0.717, 1.165) is 23.1 Å². The summed E-state index contributed by atoms with van der Waals surface area (Å²) in [7, 11) is 0. The molecule has 2 rings (SSSR count). The first-order chi connectivity index (χ1) is 7.83. The molecule has 1 aromatic heterocycles. The van der Waals surface area contributed by atoms with Crippen LogP contribution in [0.25, 0.3) is 11.0 Å². The lowest BCUT2D eigenvalue weighted by molar-refractivity contribution is 0.674. The van der Waals surface area contributed by atoms with Crippen LogP contribution in [0.15, 0.2) is 24.5 Å². The summed E-state index contributed by atoms with van der Waals surface area (Å²) in [5.41, 5.74) is 2.98. The average Bonchev–Trinajstić information content (AvgIpc) is 2.77. The molecule has 1 atom stereocenters. The normalized spacial score (nSPS) is 12.2. The van der Waals surface area contributed by atoms with Crippen molar-refractivity contribution in [1.82, 2.24) is 9.97 Å². The van der Waals surface area contributed by atoms with Crippen molar-refractivity contribution in [3.8, 4) is 6.07 Å². The van der Waals surface area contributed by atoms with Crippen LogP contribution in [0, 0.1) is 17.2 Å². The molecule has 82 valence electrons. The van der Waals surface area contributed by atoms with E-state index in [0.29, 0.717) is 6.54 Å². The molecule has 16 heavy (non-hydrogen) atoms. The minimum Gasteiger partial charge on any atom is -0.384 e. The number of rotatable bonds is 4. The number of imidazole rings is 1. The number of nitrogens with zero attached hydrogens (tertiary/aromatic N) is 2. The van der Waals surface area contributed by atoms with E-state index in [9.17, 15) is 0 Å². The van der Waals surface area contributed by atoms with Gasteiger partial charge in [-0.25, -0.2) is 4.98 Å². The van der Waals surface area contributed by atoms with Crippen LogP contribution in [0.3, 0.4) is 0 Å². The molecule has 1 heterocycles. The molecule has 0 aliphatic rings. The van der Waals surface area contributed by atoms with Gasteiger partial charge in [-0.2, -0.15) is 5.26 Å². The van der Waals surface area contributed by atoms with Gasteiger partial charge in [0.05, 0.1) is 29.3 Å². The molecule has 2 N–H and O–H groups in total. The summed E-state index contributed by atoms with van der Waals surface area (Å²) in [5.74, 6) is 0.0671. The molecule has 0 bridgehead atoms. The smallest absolute Gasteiger partial charge is 0.0931 e. The van der Waals surface area contributed by atoms with E-state index in [4.69, 9.17) is 5.26 Å². The topological polar surface area (TPSA) is 64.5 Å². The van der Waals surface area contributed by atoms with E-state index in [2.05, 4.69) is 21.4 Å². The lowest BCUT2D eigenvalue weighted by Crippen LogP contribution is -2.11. The highest BCUT2D eigenvalue weighted by Crippen LogP contribution is 2.16. The van der Waals surface area contributed by atoms with Gasteiger partial charge >= 0.3 is 0 Å². The standard InChI is InChI=1S/C12H14N4/c1-2-9(6-13)7-14-10-3-4-11-12(5-10)16-8-15-11/h3-5,8-9,14H,2,7H2,1H3,(H,15,16). The summed E-state index contributed by atoms with van der Waals surface area (Å²) < 4.78 is 0. The molecule has 0 fully saturated rings. The molecule has 4 heteroatoms. The van der Waals surface area contributed by atoms with Crippen LogP contribution in [0.2, 0.25) is 0 Å². The lowest BCUT2D eigenvalue weighted by Gasteiger charge is -2.09. The lowest BCUT2D eigenvalue weighted by atomic mass is 10.1. The Morgan fingerprint density at radius 3 is 3.19 bits per heavy atom. The van der Waals surface area contributed by atoms with Gasteiger partial charge in [-0.15, -0.1) is 0 Å². The molecule has 1 aromatic carbocycles. The van der Waals surface area contributed by atoms with Gasteiger partial charge in [0.1, 0.15) is 0 Å². The Labute approximate surface area is 94.3 Å². The number of hydrogen-bond donors (Lipinski definition) is 2. The first-order valence-corrected chi connectivity index (χ1v) is 5.40. The van der Waals surface area contributed by atoms with Crippen molar-refractivity contribution in [2.75, 3.05) is 11.9 Å². The number of benzene rings is 1. The first-order valence-electron chi connectivity index (χ1n) is 5.40. The minimum atomic E-state index is 0.0671. The fourth-order valence-corrected chi connectivity index (χ4v) is 1.57. The maximum atomic E-state index is 8.84. The van der Waals surface area contributed by atoms with Gasteiger partial charge in [-0.3, -0.25) is 0 Å². The number of anilines is 1. The molecule has 2 aromatic rings. The fraction of sp³-hybridized carbons (Fsp3) is 0.333. The summed E-state index contributed by atoms with van der Waals surface area (Å²) >= 11 is 0. The van der Waals surface area contributed by atoms with Crippen LogP contribution in [0.4, 0.5) is 5.69 Å². The molecule has 1 unspecified atom stereocenters. The highest BCUT2D eigenvalue weighted by Gasteiger charge is 2.04. The Kier molecular flexibility index (Phi) is 3.06. The molecule has 0 saturated carbocycles. The van der Waals surface area contributed by atoms with E-state index in [-0.39, 0.29) is 5.92 Å². The third-order valence-corrected chi connectivity index (χ3v) is 2.65. The molecule has 0 amide bonds. The summed E-state index contributed by atoms with van der Waals surface area (Å²) in [5, 5.41) is 12.1. The maximum absolute atomic E-state index is 8.84. The zero-order chi connectivity index (χ0) is 11.4. The number of fused-ring (bicyclic) bond motifs is 1. The number of aromatic nitrogens is 2. The summed E-state index contributed by atoms with van der Waals surface area (Å²) in [6, 6.07) is 8.22.